The van der Waals surface area contributed by atoms with Gasteiger partial charge in [0, 0.05) is 13.3 Å². The normalized spacial score (nSPS) is 12.0. The molecular weight excluding hydrogens is 146 g/mol. The number of halogens is 2. The first-order chi connectivity index (χ1) is 5.06. The maximum Gasteiger partial charge on any atom is 0.248 e. The number of hydrogen-bond donors (Lipinski definition) is 0. The highest BCUT2D eigenvalue weighted by molar-refractivity contribution is 4.67. The predicted octanol–water partition coefficient (Wildman–Crippen LogP) is 3.82. The van der Waals surface area contributed by atoms with Crippen LogP contribution < -0.4 is 0 Å². The summed E-state index contributed by atoms with van der Waals surface area (Å²) in [7, 11) is 0. The van der Waals surface area contributed by atoms with Crippen LogP contribution in [0.5, 0.6) is 0 Å². The summed E-state index contributed by atoms with van der Waals surface area (Å²) in [6, 6.07) is 0. The molecule has 0 nitrogen and oxygen atoms in total. The summed E-state index contributed by atoms with van der Waals surface area (Å²) in [5.41, 5.74) is 0. The minimum atomic E-state index is -2.70. The van der Waals surface area contributed by atoms with Crippen molar-refractivity contribution in [3.63, 3.8) is 0 Å². The Bertz CT molecular complexity index is 84.1. The molecule has 0 aliphatic heterocycles. The molecule has 0 amide bonds. The topological polar surface area (TPSA) is 0 Å². The van der Waals surface area contributed by atoms with Crippen LogP contribution in [-0.2, 0) is 0 Å². The Labute approximate surface area is 68.0 Å². The van der Waals surface area contributed by atoms with E-state index < -0.39 is 5.92 Å². The average Bonchev–Trinajstić information content (AvgIpc) is 1.85. The molecule has 0 N–H and O–H groups in total. The summed E-state index contributed by atoms with van der Waals surface area (Å²) in [6.07, 6.45) is 4.85. The Morgan fingerprint density at radius 2 is 1.64 bits per heavy atom. The van der Waals surface area contributed by atoms with Crippen molar-refractivity contribution in [3.05, 3.63) is 6.92 Å². The maximum absolute atomic E-state index is 12.1. The molecule has 0 heterocycles. The van der Waals surface area contributed by atoms with Crippen LogP contribution in [-0.4, -0.2) is 5.92 Å². The van der Waals surface area contributed by atoms with E-state index in [4.69, 9.17) is 0 Å². The number of hydrogen-bond acceptors (Lipinski definition) is 0. The Morgan fingerprint density at radius 1 is 1.09 bits per heavy atom. The summed E-state index contributed by atoms with van der Waals surface area (Å²) in [5.74, 6) is -2.70. The fraction of sp³-hybridized carbons (Fsp3) is 0.889. The van der Waals surface area contributed by atoms with Gasteiger partial charge in [-0.15, -0.1) is 0 Å². The van der Waals surface area contributed by atoms with Crippen LogP contribution in [0.25, 0.3) is 0 Å². The quantitative estimate of drug-likeness (QED) is 0.522. The molecule has 0 atom stereocenters. The average molecular weight is 163 g/mol. The van der Waals surface area contributed by atoms with Crippen molar-refractivity contribution >= 4 is 0 Å². The lowest BCUT2D eigenvalue weighted by Crippen LogP contribution is -2.08. The van der Waals surface area contributed by atoms with Gasteiger partial charge in [-0.2, -0.15) is 0 Å². The van der Waals surface area contributed by atoms with Gasteiger partial charge >= 0.3 is 0 Å². The minimum absolute atomic E-state index is 0.0588. The summed E-state index contributed by atoms with van der Waals surface area (Å²) < 4.78 is 24.2. The molecule has 0 rings (SSSR count). The molecule has 0 aliphatic rings. The molecule has 67 valence electrons. The van der Waals surface area contributed by atoms with Crippen LogP contribution in [0.3, 0.4) is 0 Å². The Morgan fingerprint density at radius 3 is 2.09 bits per heavy atom. The first-order valence-electron chi connectivity index (χ1n) is 4.29. The monoisotopic (exact) mass is 163 g/mol. The van der Waals surface area contributed by atoms with Gasteiger partial charge in [0.25, 0.3) is 0 Å². The maximum atomic E-state index is 12.1. The fourth-order valence-corrected chi connectivity index (χ4v) is 0.987. The van der Waals surface area contributed by atoms with Crippen LogP contribution in [0.4, 0.5) is 8.78 Å². The van der Waals surface area contributed by atoms with Crippen LogP contribution in [0, 0.1) is 6.92 Å². The third-order valence-electron chi connectivity index (χ3n) is 1.65. The Kier molecular flexibility index (Phi) is 5.43. The molecule has 2 heteroatoms. The molecule has 0 aromatic heterocycles. The zero-order valence-electron chi connectivity index (χ0n) is 7.21. The van der Waals surface area contributed by atoms with Crippen molar-refractivity contribution < 1.29 is 8.78 Å². The second-order valence-electron chi connectivity index (χ2n) is 3.02. The molecule has 0 fully saturated rings. The van der Waals surface area contributed by atoms with Gasteiger partial charge in [0.1, 0.15) is 0 Å². The van der Waals surface area contributed by atoms with Crippen molar-refractivity contribution in [2.24, 2.45) is 0 Å². The molecule has 0 aromatic rings. The predicted molar refractivity (Wildman–Crippen MR) is 43.7 cm³/mol. The van der Waals surface area contributed by atoms with Crippen molar-refractivity contribution in [2.75, 3.05) is 0 Å². The number of unbranched alkanes of at least 4 members (excludes halogenated alkanes) is 4. The molecule has 0 aliphatic carbocycles. The lowest BCUT2D eigenvalue weighted by molar-refractivity contribution is 0.0395. The molecule has 0 saturated heterocycles. The van der Waals surface area contributed by atoms with Crippen molar-refractivity contribution in [3.8, 4) is 0 Å². The standard InChI is InChI=1S/C9H17F2/c1-3-4-5-6-7-8-9(2,10)11/h2-8H2,1H3. The van der Waals surface area contributed by atoms with E-state index in [9.17, 15) is 8.78 Å². The van der Waals surface area contributed by atoms with Gasteiger partial charge in [0.05, 0.1) is 0 Å². The SMILES string of the molecule is [CH2]C(F)(F)CCCCCCC. The van der Waals surface area contributed by atoms with Gasteiger partial charge in [-0.25, -0.2) is 8.78 Å². The summed E-state index contributed by atoms with van der Waals surface area (Å²) >= 11 is 0. The van der Waals surface area contributed by atoms with E-state index in [2.05, 4.69) is 13.8 Å². The number of alkyl halides is 2. The van der Waals surface area contributed by atoms with Crippen LogP contribution in [0.2, 0.25) is 0 Å². The molecule has 0 unspecified atom stereocenters. The highest BCUT2D eigenvalue weighted by atomic mass is 19.3. The summed E-state index contributed by atoms with van der Waals surface area (Å²) in [6.45, 7) is 4.86. The van der Waals surface area contributed by atoms with Gasteiger partial charge in [-0.3, -0.25) is 0 Å². The third kappa shape index (κ3) is 9.86. The van der Waals surface area contributed by atoms with E-state index in [1.165, 1.54) is 0 Å². The van der Waals surface area contributed by atoms with E-state index in [1.807, 2.05) is 0 Å². The molecule has 1 radical (unpaired) electrons. The van der Waals surface area contributed by atoms with Gasteiger partial charge in [0.15, 0.2) is 0 Å². The number of rotatable bonds is 6. The smallest absolute Gasteiger partial charge is 0.207 e. The van der Waals surface area contributed by atoms with Crippen LogP contribution >= 0.6 is 0 Å². The summed E-state index contributed by atoms with van der Waals surface area (Å²) in [5, 5.41) is 0. The van der Waals surface area contributed by atoms with Crippen molar-refractivity contribution in [2.45, 2.75) is 51.4 Å². The lowest BCUT2D eigenvalue weighted by atomic mass is 10.1. The lowest BCUT2D eigenvalue weighted by Gasteiger charge is -2.08. The zero-order valence-corrected chi connectivity index (χ0v) is 7.21. The second-order valence-corrected chi connectivity index (χ2v) is 3.02. The molecule has 0 aromatic carbocycles. The van der Waals surface area contributed by atoms with Crippen molar-refractivity contribution in [1.82, 2.24) is 0 Å². The van der Waals surface area contributed by atoms with Gasteiger partial charge in [-0.05, 0) is 6.42 Å². The van der Waals surface area contributed by atoms with Gasteiger partial charge in [0.2, 0.25) is 5.92 Å². The zero-order chi connectivity index (χ0) is 8.74. The van der Waals surface area contributed by atoms with E-state index in [0.29, 0.717) is 6.42 Å². The van der Waals surface area contributed by atoms with Gasteiger partial charge < -0.3 is 0 Å². The molecule has 0 bridgehead atoms. The highest BCUT2D eigenvalue weighted by Crippen LogP contribution is 2.20. The minimum Gasteiger partial charge on any atom is -0.207 e. The first kappa shape index (κ1) is 10.9. The largest absolute Gasteiger partial charge is 0.248 e. The molecule has 11 heavy (non-hydrogen) atoms. The Balaban J connectivity index is 3.02. The highest BCUT2D eigenvalue weighted by Gasteiger charge is 2.19. The molecule has 0 saturated carbocycles. The second kappa shape index (κ2) is 5.50. The molecule has 0 spiro atoms. The Hall–Kier alpha value is -0.140. The first-order valence-corrected chi connectivity index (χ1v) is 4.29. The van der Waals surface area contributed by atoms with Crippen LogP contribution in [0.15, 0.2) is 0 Å². The van der Waals surface area contributed by atoms with E-state index in [0.717, 1.165) is 25.7 Å². The van der Waals surface area contributed by atoms with E-state index in [1.54, 1.807) is 0 Å². The van der Waals surface area contributed by atoms with E-state index >= 15 is 0 Å². The van der Waals surface area contributed by atoms with Gasteiger partial charge in [-0.1, -0.05) is 32.6 Å². The fourth-order valence-electron chi connectivity index (χ4n) is 0.987. The molecular formula is C9H17F2. The summed E-state index contributed by atoms with van der Waals surface area (Å²) in [4.78, 5) is 0. The van der Waals surface area contributed by atoms with Crippen molar-refractivity contribution in [1.29, 1.82) is 0 Å². The van der Waals surface area contributed by atoms with Crippen LogP contribution in [0.1, 0.15) is 45.4 Å². The van der Waals surface area contributed by atoms with E-state index in [-0.39, 0.29) is 6.42 Å². The third-order valence-corrected chi connectivity index (χ3v) is 1.65.